The second kappa shape index (κ2) is 4.63. The molecule has 82 valence electrons. The molecular formula is C10H11FO4. The molecule has 0 saturated carbocycles. The molecule has 15 heavy (non-hydrogen) atoms. The van der Waals surface area contributed by atoms with E-state index in [1.165, 1.54) is 20.3 Å². The van der Waals surface area contributed by atoms with Gasteiger partial charge in [-0.3, -0.25) is 4.79 Å². The molecule has 0 atom stereocenters. The molecule has 0 aliphatic heterocycles. The van der Waals surface area contributed by atoms with Crippen LogP contribution in [0.2, 0.25) is 0 Å². The van der Waals surface area contributed by atoms with Gasteiger partial charge in [0.1, 0.15) is 0 Å². The highest BCUT2D eigenvalue weighted by Gasteiger charge is 2.16. The van der Waals surface area contributed by atoms with Crippen molar-refractivity contribution in [2.75, 3.05) is 14.2 Å². The summed E-state index contributed by atoms with van der Waals surface area (Å²) in [5.41, 5.74) is 0.378. The molecule has 0 amide bonds. The summed E-state index contributed by atoms with van der Waals surface area (Å²) in [7, 11) is 2.63. The standard InChI is InChI=1S/C10H11FO4/c1-14-9-6(5-8(12)13)3-4-7(11)10(9)15-2/h3-4H,5H2,1-2H3,(H,12,13). The van der Waals surface area contributed by atoms with E-state index in [1.807, 2.05) is 0 Å². The fraction of sp³-hybridized carbons (Fsp3) is 0.300. The van der Waals surface area contributed by atoms with Crippen molar-refractivity contribution in [3.05, 3.63) is 23.5 Å². The number of rotatable bonds is 4. The molecule has 1 aromatic carbocycles. The number of carboxylic acids is 1. The summed E-state index contributed by atoms with van der Waals surface area (Å²) in [6.45, 7) is 0. The fourth-order valence-corrected chi connectivity index (χ4v) is 1.30. The van der Waals surface area contributed by atoms with Crippen LogP contribution in [0.3, 0.4) is 0 Å². The summed E-state index contributed by atoms with van der Waals surface area (Å²) < 4.78 is 22.9. The number of methoxy groups -OCH3 is 2. The summed E-state index contributed by atoms with van der Waals surface area (Å²) in [5.74, 6) is -1.54. The number of carboxylic acid groups (broad SMARTS) is 1. The van der Waals surface area contributed by atoms with Crippen LogP contribution in [-0.2, 0) is 11.2 Å². The zero-order valence-corrected chi connectivity index (χ0v) is 8.41. The first-order valence-corrected chi connectivity index (χ1v) is 4.21. The maximum absolute atomic E-state index is 13.2. The Kier molecular flexibility index (Phi) is 3.49. The molecule has 0 saturated heterocycles. The van der Waals surface area contributed by atoms with Gasteiger partial charge in [-0.05, 0) is 6.07 Å². The van der Waals surface area contributed by atoms with Crippen LogP contribution < -0.4 is 9.47 Å². The Labute approximate surface area is 86.2 Å². The van der Waals surface area contributed by atoms with E-state index in [0.717, 1.165) is 6.07 Å². The third-order valence-electron chi connectivity index (χ3n) is 1.90. The van der Waals surface area contributed by atoms with E-state index in [0.29, 0.717) is 5.56 Å². The Hall–Kier alpha value is -1.78. The number of hydrogen-bond donors (Lipinski definition) is 1. The molecule has 0 aliphatic rings. The predicted molar refractivity (Wildman–Crippen MR) is 50.8 cm³/mol. The van der Waals surface area contributed by atoms with Crippen LogP contribution in [-0.4, -0.2) is 25.3 Å². The molecule has 1 aromatic rings. The van der Waals surface area contributed by atoms with E-state index in [2.05, 4.69) is 0 Å². The summed E-state index contributed by atoms with van der Waals surface area (Å²) in [6.07, 6.45) is -0.236. The first-order valence-electron chi connectivity index (χ1n) is 4.21. The molecule has 0 fully saturated rings. The highest BCUT2D eigenvalue weighted by molar-refractivity contribution is 5.72. The van der Waals surface area contributed by atoms with Crippen LogP contribution in [0.25, 0.3) is 0 Å². The zero-order chi connectivity index (χ0) is 11.4. The zero-order valence-electron chi connectivity index (χ0n) is 8.41. The lowest BCUT2D eigenvalue weighted by atomic mass is 10.1. The van der Waals surface area contributed by atoms with Crippen molar-refractivity contribution in [1.82, 2.24) is 0 Å². The van der Waals surface area contributed by atoms with Gasteiger partial charge in [-0.2, -0.15) is 0 Å². The van der Waals surface area contributed by atoms with Gasteiger partial charge >= 0.3 is 5.97 Å². The predicted octanol–water partition coefficient (Wildman–Crippen LogP) is 1.47. The minimum Gasteiger partial charge on any atom is -0.492 e. The Balaban J connectivity index is 3.22. The smallest absolute Gasteiger partial charge is 0.307 e. The van der Waals surface area contributed by atoms with Crippen LogP contribution in [0, 0.1) is 5.82 Å². The molecule has 0 aliphatic carbocycles. The molecule has 4 nitrogen and oxygen atoms in total. The Bertz CT molecular complexity index is 376. The largest absolute Gasteiger partial charge is 0.492 e. The van der Waals surface area contributed by atoms with Crippen molar-refractivity contribution in [3.8, 4) is 11.5 Å². The quantitative estimate of drug-likeness (QED) is 0.824. The van der Waals surface area contributed by atoms with Gasteiger partial charge in [0.15, 0.2) is 17.3 Å². The van der Waals surface area contributed by atoms with Gasteiger partial charge in [0.05, 0.1) is 20.6 Å². The molecule has 0 heterocycles. The van der Waals surface area contributed by atoms with Gasteiger partial charge in [-0.25, -0.2) is 4.39 Å². The normalized spacial score (nSPS) is 9.80. The summed E-state index contributed by atoms with van der Waals surface area (Å²) in [6, 6.07) is 2.52. The second-order valence-corrected chi connectivity index (χ2v) is 2.84. The van der Waals surface area contributed by atoms with Crippen molar-refractivity contribution in [1.29, 1.82) is 0 Å². The monoisotopic (exact) mass is 214 g/mol. The Morgan fingerprint density at radius 1 is 1.33 bits per heavy atom. The van der Waals surface area contributed by atoms with Gasteiger partial charge in [-0.15, -0.1) is 0 Å². The van der Waals surface area contributed by atoms with E-state index >= 15 is 0 Å². The lowest BCUT2D eigenvalue weighted by Crippen LogP contribution is -2.04. The molecule has 1 N–H and O–H groups in total. The van der Waals surface area contributed by atoms with E-state index in [1.54, 1.807) is 0 Å². The van der Waals surface area contributed by atoms with Gasteiger partial charge < -0.3 is 14.6 Å². The number of benzene rings is 1. The van der Waals surface area contributed by atoms with E-state index in [9.17, 15) is 9.18 Å². The molecular weight excluding hydrogens is 203 g/mol. The minimum atomic E-state index is -1.01. The van der Waals surface area contributed by atoms with E-state index in [4.69, 9.17) is 14.6 Å². The van der Waals surface area contributed by atoms with Gasteiger partial charge in [-0.1, -0.05) is 6.07 Å². The number of carbonyl (C=O) groups is 1. The molecule has 0 spiro atoms. The van der Waals surface area contributed by atoms with Gasteiger partial charge in [0, 0.05) is 5.56 Å². The summed E-state index contributed by atoms with van der Waals surface area (Å²) >= 11 is 0. The van der Waals surface area contributed by atoms with Crippen LogP contribution in [0.1, 0.15) is 5.56 Å². The van der Waals surface area contributed by atoms with Crippen LogP contribution in [0.5, 0.6) is 11.5 Å². The van der Waals surface area contributed by atoms with E-state index in [-0.39, 0.29) is 17.9 Å². The number of hydrogen-bond acceptors (Lipinski definition) is 3. The van der Waals surface area contributed by atoms with Crippen molar-refractivity contribution < 1.29 is 23.8 Å². The summed E-state index contributed by atoms with van der Waals surface area (Å²) in [5, 5.41) is 8.63. The van der Waals surface area contributed by atoms with Crippen molar-refractivity contribution in [2.24, 2.45) is 0 Å². The molecule has 0 unspecified atom stereocenters. The molecule has 0 aromatic heterocycles. The van der Waals surface area contributed by atoms with Crippen molar-refractivity contribution >= 4 is 5.97 Å². The molecule has 0 radical (unpaired) electrons. The third-order valence-corrected chi connectivity index (χ3v) is 1.90. The maximum atomic E-state index is 13.2. The van der Waals surface area contributed by atoms with Crippen molar-refractivity contribution in [3.63, 3.8) is 0 Å². The number of ether oxygens (including phenoxy) is 2. The first kappa shape index (κ1) is 11.3. The number of halogens is 1. The average molecular weight is 214 g/mol. The molecule has 0 bridgehead atoms. The highest BCUT2D eigenvalue weighted by atomic mass is 19.1. The maximum Gasteiger partial charge on any atom is 0.307 e. The van der Waals surface area contributed by atoms with Gasteiger partial charge in [0.2, 0.25) is 0 Å². The van der Waals surface area contributed by atoms with E-state index < -0.39 is 11.8 Å². The molecule has 1 rings (SSSR count). The lowest BCUT2D eigenvalue weighted by molar-refractivity contribution is -0.136. The topological polar surface area (TPSA) is 55.8 Å². The Morgan fingerprint density at radius 3 is 2.40 bits per heavy atom. The highest BCUT2D eigenvalue weighted by Crippen LogP contribution is 2.33. The summed E-state index contributed by atoms with van der Waals surface area (Å²) in [4.78, 5) is 10.5. The fourth-order valence-electron chi connectivity index (χ4n) is 1.30. The average Bonchev–Trinajstić information content (AvgIpc) is 2.19. The van der Waals surface area contributed by atoms with Gasteiger partial charge in [0.25, 0.3) is 0 Å². The first-order chi connectivity index (χ1) is 7.10. The van der Waals surface area contributed by atoms with Crippen molar-refractivity contribution in [2.45, 2.75) is 6.42 Å². The minimum absolute atomic E-state index is 0.0729. The van der Waals surface area contributed by atoms with Crippen LogP contribution >= 0.6 is 0 Å². The van der Waals surface area contributed by atoms with Crippen LogP contribution in [0.4, 0.5) is 4.39 Å². The molecule has 5 heteroatoms. The second-order valence-electron chi connectivity index (χ2n) is 2.84. The SMILES string of the molecule is COc1c(F)ccc(CC(=O)O)c1OC. The number of aliphatic carboxylic acids is 1. The lowest BCUT2D eigenvalue weighted by Gasteiger charge is -2.11. The third kappa shape index (κ3) is 2.37. The Morgan fingerprint density at radius 2 is 1.93 bits per heavy atom. The van der Waals surface area contributed by atoms with Crippen LogP contribution in [0.15, 0.2) is 12.1 Å².